The molecule has 0 bridgehead atoms. The molecular weight excluding hydrogens is 278 g/mol. The largest absolute Gasteiger partial charge is 0.243 e. The van der Waals surface area contributed by atoms with E-state index in [9.17, 15) is 8.42 Å². The lowest BCUT2D eigenvalue weighted by atomic mass is 10.2. The van der Waals surface area contributed by atoms with Crippen LogP contribution in [0.25, 0.3) is 0 Å². The molecule has 0 N–H and O–H groups in total. The lowest BCUT2D eigenvalue weighted by Gasteiger charge is -2.29. The van der Waals surface area contributed by atoms with Gasteiger partial charge in [-0.15, -0.1) is 0 Å². The van der Waals surface area contributed by atoms with Crippen molar-refractivity contribution in [2.75, 3.05) is 13.1 Å². The zero-order valence-corrected chi connectivity index (χ0v) is 10.8. The number of hydrogen-bond donors (Lipinski definition) is 0. The monoisotopic (exact) mass is 289 g/mol. The summed E-state index contributed by atoms with van der Waals surface area (Å²) in [6.45, 7) is 3.23. The summed E-state index contributed by atoms with van der Waals surface area (Å²) >= 11 is 3.34. The van der Waals surface area contributed by atoms with E-state index in [0.717, 1.165) is 16.5 Å². The molecule has 5 heteroatoms. The van der Waals surface area contributed by atoms with Crippen molar-refractivity contribution in [3.05, 3.63) is 28.2 Å². The van der Waals surface area contributed by atoms with Gasteiger partial charge in [0.05, 0.1) is 4.90 Å². The van der Waals surface area contributed by atoms with E-state index in [1.54, 1.807) is 12.1 Å². The first-order valence-electron chi connectivity index (χ1n) is 4.78. The highest BCUT2D eigenvalue weighted by Gasteiger charge is 2.29. The summed E-state index contributed by atoms with van der Waals surface area (Å²) in [6, 6.07) is 5.15. The maximum Gasteiger partial charge on any atom is 0.243 e. The number of hydrogen-bond acceptors (Lipinski definition) is 2. The molecule has 0 saturated carbocycles. The van der Waals surface area contributed by atoms with Crippen LogP contribution in [0.2, 0.25) is 0 Å². The van der Waals surface area contributed by atoms with Crippen molar-refractivity contribution in [3.63, 3.8) is 0 Å². The van der Waals surface area contributed by atoms with Crippen molar-refractivity contribution in [1.29, 1.82) is 0 Å². The second-order valence-corrected chi connectivity index (χ2v) is 6.46. The number of aryl methyl sites for hydroxylation is 1. The lowest BCUT2D eigenvalue weighted by Crippen LogP contribution is -2.41. The van der Waals surface area contributed by atoms with Crippen molar-refractivity contribution in [1.82, 2.24) is 4.31 Å². The average molecular weight is 290 g/mol. The molecule has 1 fully saturated rings. The molecule has 0 spiro atoms. The zero-order chi connectivity index (χ0) is 11.1. The third-order valence-electron chi connectivity index (χ3n) is 2.60. The smallest absolute Gasteiger partial charge is 0.207 e. The quantitative estimate of drug-likeness (QED) is 0.837. The van der Waals surface area contributed by atoms with E-state index in [0.29, 0.717) is 18.0 Å². The van der Waals surface area contributed by atoms with Crippen molar-refractivity contribution < 1.29 is 8.42 Å². The molecule has 1 aliphatic heterocycles. The molecule has 0 aliphatic carbocycles. The molecule has 1 saturated heterocycles. The Morgan fingerprint density at radius 1 is 1.33 bits per heavy atom. The number of sulfonamides is 1. The van der Waals surface area contributed by atoms with Gasteiger partial charge in [0.1, 0.15) is 0 Å². The van der Waals surface area contributed by atoms with Crippen LogP contribution >= 0.6 is 15.9 Å². The standard InChI is InChI=1S/C10H12BrNO2S/c1-8-3-4-9(7-10(8)11)15(13,14)12-5-2-6-12/h3-4,7H,2,5-6H2,1H3. The minimum absolute atomic E-state index is 0.375. The van der Waals surface area contributed by atoms with Gasteiger partial charge in [0.25, 0.3) is 0 Å². The highest BCUT2D eigenvalue weighted by atomic mass is 79.9. The van der Waals surface area contributed by atoms with Crippen molar-refractivity contribution in [2.45, 2.75) is 18.2 Å². The predicted octanol–water partition coefficient (Wildman–Crippen LogP) is 2.15. The zero-order valence-electron chi connectivity index (χ0n) is 8.40. The Morgan fingerprint density at radius 2 is 2.00 bits per heavy atom. The van der Waals surface area contributed by atoms with E-state index in [4.69, 9.17) is 0 Å². The topological polar surface area (TPSA) is 37.4 Å². The van der Waals surface area contributed by atoms with Gasteiger partial charge < -0.3 is 0 Å². The molecule has 0 unspecified atom stereocenters. The summed E-state index contributed by atoms with van der Waals surface area (Å²) in [6.07, 6.45) is 0.965. The summed E-state index contributed by atoms with van der Waals surface area (Å²) in [7, 11) is -3.24. The van der Waals surface area contributed by atoms with Gasteiger partial charge >= 0.3 is 0 Å². The maximum absolute atomic E-state index is 12.0. The summed E-state index contributed by atoms with van der Waals surface area (Å²) in [5.74, 6) is 0. The summed E-state index contributed by atoms with van der Waals surface area (Å²) in [4.78, 5) is 0.375. The predicted molar refractivity (Wildman–Crippen MR) is 62.3 cm³/mol. The normalized spacial score (nSPS) is 17.5. The third-order valence-corrected chi connectivity index (χ3v) is 5.35. The van der Waals surface area contributed by atoms with Gasteiger partial charge in [0.2, 0.25) is 10.0 Å². The Morgan fingerprint density at radius 3 is 2.47 bits per heavy atom. The van der Waals surface area contributed by atoms with Gasteiger partial charge in [-0.1, -0.05) is 22.0 Å². The van der Waals surface area contributed by atoms with Crippen LogP contribution in [0.15, 0.2) is 27.6 Å². The van der Waals surface area contributed by atoms with Crippen molar-refractivity contribution in [2.24, 2.45) is 0 Å². The van der Waals surface area contributed by atoms with E-state index in [1.807, 2.05) is 13.0 Å². The Labute approximate surface area is 98.3 Å². The summed E-state index contributed by atoms with van der Waals surface area (Å²) < 4.78 is 26.3. The lowest BCUT2D eigenvalue weighted by molar-refractivity contribution is 0.309. The van der Waals surface area contributed by atoms with Gasteiger partial charge in [0.15, 0.2) is 0 Å². The minimum Gasteiger partial charge on any atom is -0.207 e. The van der Waals surface area contributed by atoms with Gasteiger partial charge in [-0.25, -0.2) is 8.42 Å². The van der Waals surface area contributed by atoms with Crippen LogP contribution in [0.5, 0.6) is 0 Å². The van der Waals surface area contributed by atoms with Gasteiger partial charge in [0, 0.05) is 17.6 Å². The van der Waals surface area contributed by atoms with Crippen LogP contribution < -0.4 is 0 Å². The van der Waals surface area contributed by atoms with Crippen LogP contribution in [0.3, 0.4) is 0 Å². The van der Waals surface area contributed by atoms with Crippen LogP contribution in [0, 0.1) is 6.92 Å². The molecule has 0 amide bonds. The van der Waals surface area contributed by atoms with Gasteiger partial charge in [-0.05, 0) is 31.0 Å². The molecule has 0 radical (unpaired) electrons. The fourth-order valence-corrected chi connectivity index (χ4v) is 3.48. The van der Waals surface area contributed by atoms with Crippen LogP contribution in [-0.2, 0) is 10.0 Å². The van der Waals surface area contributed by atoms with Gasteiger partial charge in [-0.2, -0.15) is 4.31 Å². The number of nitrogens with zero attached hydrogens (tertiary/aromatic N) is 1. The first kappa shape index (κ1) is 11.1. The number of benzene rings is 1. The van der Waals surface area contributed by atoms with Crippen LogP contribution in [-0.4, -0.2) is 25.8 Å². The average Bonchev–Trinajstić information content (AvgIpc) is 2.05. The Kier molecular flexibility index (Phi) is 2.87. The molecular formula is C10H12BrNO2S. The maximum atomic E-state index is 12.0. The van der Waals surface area contributed by atoms with Crippen molar-refractivity contribution >= 4 is 26.0 Å². The van der Waals surface area contributed by atoms with Crippen LogP contribution in [0.1, 0.15) is 12.0 Å². The molecule has 1 heterocycles. The molecule has 0 atom stereocenters. The third kappa shape index (κ3) is 1.96. The second-order valence-electron chi connectivity index (χ2n) is 3.67. The molecule has 15 heavy (non-hydrogen) atoms. The van der Waals surface area contributed by atoms with Crippen molar-refractivity contribution in [3.8, 4) is 0 Å². The molecule has 1 aromatic rings. The molecule has 82 valence electrons. The minimum atomic E-state index is -3.24. The number of rotatable bonds is 2. The Hall–Kier alpha value is -0.390. The first-order valence-corrected chi connectivity index (χ1v) is 7.01. The Bertz CT molecular complexity index is 480. The number of halogens is 1. The summed E-state index contributed by atoms with van der Waals surface area (Å²) in [5, 5.41) is 0. The van der Waals surface area contributed by atoms with E-state index in [-0.39, 0.29) is 0 Å². The fourth-order valence-electron chi connectivity index (χ4n) is 1.41. The first-order chi connectivity index (χ1) is 7.01. The molecule has 0 aromatic heterocycles. The highest BCUT2D eigenvalue weighted by Crippen LogP contribution is 2.25. The van der Waals surface area contributed by atoms with Gasteiger partial charge in [-0.3, -0.25) is 0 Å². The molecule has 1 aliphatic rings. The molecule has 1 aromatic carbocycles. The molecule has 2 rings (SSSR count). The molecule has 3 nitrogen and oxygen atoms in total. The second kappa shape index (κ2) is 3.88. The van der Waals surface area contributed by atoms with E-state index < -0.39 is 10.0 Å². The Balaban J connectivity index is 2.40. The van der Waals surface area contributed by atoms with E-state index in [2.05, 4.69) is 15.9 Å². The SMILES string of the molecule is Cc1ccc(S(=O)(=O)N2CCC2)cc1Br. The van der Waals surface area contributed by atoms with E-state index >= 15 is 0 Å². The van der Waals surface area contributed by atoms with Crippen LogP contribution in [0.4, 0.5) is 0 Å². The highest BCUT2D eigenvalue weighted by molar-refractivity contribution is 9.10. The fraction of sp³-hybridized carbons (Fsp3) is 0.400. The van der Waals surface area contributed by atoms with E-state index in [1.165, 1.54) is 4.31 Å². The summed E-state index contributed by atoms with van der Waals surface area (Å²) in [5.41, 5.74) is 1.04.